The average Bonchev–Trinajstić information content (AvgIpc) is 2.85. The van der Waals surface area contributed by atoms with E-state index in [1.807, 2.05) is 18.2 Å². The second-order valence-electron chi connectivity index (χ2n) is 3.42. The Morgan fingerprint density at radius 1 is 1.22 bits per heavy atom. The minimum Gasteiger partial charge on any atom is -0.472 e. The number of carbonyl (C=O) groups excluding carboxylic acids is 1. The molecule has 0 bridgehead atoms. The van der Waals surface area contributed by atoms with E-state index in [9.17, 15) is 9.59 Å². The maximum atomic E-state index is 10.7. The number of carboxylic acid groups (broad SMARTS) is 1. The van der Waals surface area contributed by atoms with E-state index in [4.69, 9.17) is 5.11 Å². The monoisotopic (exact) mass is 256 g/mol. The molecule has 0 saturated carbocycles. The van der Waals surface area contributed by atoms with Gasteiger partial charge in [-0.15, -0.1) is 11.3 Å². The van der Waals surface area contributed by atoms with Gasteiger partial charge in [0.2, 0.25) is 0 Å². The molecule has 0 amide bonds. The quantitative estimate of drug-likeness (QED) is 0.664. The lowest BCUT2D eigenvalue weighted by Gasteiger charge is -2.00. The lowest BCUT2D eigenvalue weighted by molar-refractivity contribution is -0.130. The van der Waals surface area contributed by atoms with Crippen LogP contribution in [0.4, 0.5) is 0 Å². The first-order valence-electron chi connectivity index (χ1n) is 5.10. The summed E-state index contributed by atoms with van der Waals surface area (Å²) in [5.41, 5.74) is 1.48. The first-order valence-corrected chi connectivity index (χ1v) is 5.91. The van der Waals surface area contributed by atoms with Crippen molar-refractivity contribution in [2.45, 2.75) is 0 Å². The molecule has 1 N–H and O–H groups in total. The molecule has 0 fully saturated rings. The smallest absolute Gasteiger partial charge is 0.382 e. The number of aliphatic carboxylic acids is 1. The fourth-order valence-electron chi connectivity index (χ4n) is 1.49. The molecule has 2 rings (SSSR count). The van der Waals surface area contributed by atoms with Crippen molar-refractivity contribution in [1.82, 2.24) is 0 Å². The highest BCUT2D eigenvalue weighted by molar-refractivity contribution is 7.17. The van der Waals surface area contributed by atoms with Gasteiger partial charge in [-0.25, -0.2) is 4.79 Å². The van der Waals surface area contributed by atoms with E-state index < -0.39 is 5.97 Å². The summed E-state index contributed by atoms with van der Waals surface area (Å²) in [6, 6.07) is 10.8. The minimum atomic E-state index is -1.16. The second-order valence-corrected chi connectivity index (χ2v) is 4.54. The molecular weight excluding hydrogens is 248 g/mol. The lowest BCUT2D eigenvalue weighted by Crippen LogP contribution is -1.88. The second kappa shape index (κ2) is 5.30. The van der Waals surface area contributed by atoms with Crippen molar-refractivity contribution < 1.29 is 14.7 Å². The van der Waals surface area contributed by atoms with Crippen LogP contribution < -0.4 is 0 Å². The van der Waals surface area contributed by atoms with Crippen LogP contribution in [-0.4, -0.2) is 17.4 Å². The molecule has 0 saturated heterocycles. The predicted octanol–water partition coefficient (Wildman–Crippen LogP) is 2.66. The van der Waals surface area contributed by atoms with E-state index in [0.717, 1.165) is 16.7 Å². The SMILES string of the molecule is O=Cc1ccc(-c2ccccc2C#CC(=O)O)s1. The van der Waals surface area contributed by atoms with Gasteiger partial charge in [0.25, 0.3) is 0 Å². The van der Waals surface area contributed by atoms with Crippen LogP contribution in [0.15, 0.2) is 36.4 Å². The molecule has 0 atom stereocenters. The summed E-state index contributed by atoms with van der Waals surface area (Å²) < 4.78 is 0. The van der Waals surface area contributed by atoms with Crippen LogP contribution >= 0.6 is 11.3 Å². The molecule has 0 spiro atoms. The van der Waals surface area contributed by atoms with Gasteiger partial charge in [-0.2, -0.15) is 0 Å². The van der Waals surface area contributed by atoms with E-state index in [2.05, 4.69) is 11.8 Å². The van der Waals surface area contributed by atoms with Gasteiger partial charge in [0.05, 0.1) is 4.88 Å². The number of benzene rings is 1. The first kappa shape index (κ1) is 12.1. The summed E-state index contributed by atoms with van der Waals surface area (Å²) in [5.74, 6) is 3.54. The van der Waals surface area contributed by atoms with Crippen molar-refractivity contribution in [1.29, 1.82) is 0 Å². The molecule has 0 aliphatic carbocycles. The number of rotatable bonds is 2. The average molecular weight is 256 g/mol. The Morgan fingerprint density at radius 2 is 2.00 bits per heavy atom. The highest BCUT2D eigenvalue weighted by Gasteiger charge is 2.06. The fraction of sp³-hybridized carbons (Fsp3) is 0. The van der Waals surface area contributed by atoms with Gasteiger partial charge in [0, 0.05) is 21.9 Å². The Morgan fingerprint density at radius 3 is 2.67 bits per heavy atom. The summed E-state index contributed by atoms with van der Waals surface area (Å²) in [5, 5.41) is 8.56. The zero-order chi connectivity index (χ0) is 13.0. The van der Waals surface area contributed by atoms with Crippen molar-refractivity contribution in [3.63, 3.8) is 0 Å². The summed E-state index contributed by atoms with van der Waals surface area (Å²) in [7, 11) is 0. The van der Waals surface area contributed by atoms with E-state index in [0.29, 0.717) is 10.4 Å². The van der Waals surface area contributed by atoms with Crippen LogP contribution in [0.3, 0.4) is 0 Å². The molecule has 0 unspecified atom stereocenters. The standard InChI is InChI=1S/C14H8O3S/c15-9-11-6-7-13(18-11)12-4-2-1-3-10(12)5-8-14(16)17/h1-4,6-7,9H,(H,16,17). The molecular formula is C14H8O3S. The van der Waals surface area contributed by atoms with Gasteiger partial charge in [0.1, 0.15) is 0 Å². The van der Waals surface area contributed by atoms with Gasteiger partial charge in [-0.05, 0) is 18.2 Å². The van der Waals surface area contributed by atoms with Gasteiger partial charge in [-0.3, -0.25) is 4.79 Å². The topological polar surface area (TPSA) is 54.4 Å². The zero-order valence-electron chi connectivity index (χ0n) is 9.21. The van der Waals surface area contributed by atoms with Crippen LogP contribution in [-0.2, 0) is 4.79 Å². The van der Waals surface area contributed by atoms with Gasteiger partial charge < -0.3 is 5.11 Å². The molecule has 1 aromatic heterocycles. The Bertz CT molecular complexity index is 659. The van der Waals surface area contributed by atoms with Gasteiger partial charge >= 0.3 is 5.97 Å². The Kier molecular flexibility index (Phi) is 3.56. The molecule has 3 nitrogen and oxygen atoms in total. The first-order chi connectivity index (χ1) is 8.70. The van der Waals surface area contributed by atoms with E-state index in [1.165, 1.54) is 11.3 Å². The number of carboxylic acids is 1. The molecule has 0 aliphatic rings. The Labute approximate surface area is 108 Å². The third-order valence-corrected chi connectivity index (χ3v) is 3.28. The lowest BCUT2D eigenvalue weighted by atomic mass is 10.1. The minimum absolute atomic E-state index is 0.631. The molecule has 0 radical (unpaired) electrons. The molecule has 18 heavy (non-hydrogen) atoms. The summed E-state index contributed by atoms with van der Waals surface area (Å²) in [4.78, 5) is 22.6. The molecule has 1 aromatic carbocycles. The molecule has 1 heterocycles. The maximum absolute atomic E-state index is 10.7. The number of aldehydes is 1. The number of hydrogen-bond donors (Lipinski definition) is 1. The van der Waals surface area contributed by atoms with Gasteiger partial charge in [0.15, 0.2) is 6.29 Å². The normalized spacial score (nSPS) is 9.33. The van der Waals surface area contributed by atoms with Crippen LogP contribution in [0.1, 0.15) is 15.2 Å². The summed E-state index contributed by atoms with van der Waals surface area (Å²) in [6.45, 7) is 0. The molecule has 88 valence electrons. The van der Waals surface area contributed by atoms with Crippen LogP contribution in [0, 0.1) is 11.8 Å². The van der Waals surface area contributed by atoms with Crippen molar-refractivity contribution in [3.05, 3.63) is 46.8 Å². The Balaban J connectivity index is 2.48. The van der Waals surface area contributed by atoms with E-state index >= 15 is 0 Å². The van der Waals surface area contributed by atoms with Crippen LogP contribution in [0.2, 0.25) is 0 Å². The van der Waals surface area contributed by atoms with E-state index in [1.54, 1.807) is 18.2 Å². The largest absolute Gasteiger partial charge is 0.472 e. The third kappa shape index (κ3) is 2.65. The highest BCUT2D eigenvalue weighted by atomic mass is 32.1. The van der Waals surface area contributed by atoms with Crippen molar-refractivity contribution in [2.24, 2.45) is 0 Å². The highest BCUT2D eigenvalue weighted by Crippen LogP contribution is 2.29. The Hall–Kier alpha value is -2.38. The summed E-state index contributed by atoms with van der Waals surface area (Å²) >= 11 is 1.35. The van der Waals surface area contributed by atoms with Crippen LogP contribution in [0.5, 0.6) is 0 Å². The summed E-state index contributed by atoms with van der Waals surface area (Å²) in [6.07, 6.45) is 0.791. The fourth-order valence-corrected chi connectivity index (χ4v) is 2.35. The van der Waals surface area contributed by atoms with E-state index in [-0.39, 0.29) is 0 Å². The van der Waals surface area contributed by atoms with Gasteiger partial charge in [-0.1, -0.05) is 24.1 Å². The molecule has 0 aliphatic heterocycles. The van der Waals surface area contributed by atoms with Crippen molar-refractivity contribution in [2.75, 3.05) is 0 Å². The molecule has 2 aromatic rings. The number of carbonyl (C=O) groups is 2. The zero-order valence-corrected chi connectivity index (χ0v) is 10.0. The number of hydrogen-bond acceptors (Lipinski definition) is 3. The third-order valence-electron chi connectivity index (χ3n) is 2.24. The van der Waals surface area contributed by atoms with Crippen molar-refractivity contribution in [3.8, 4) is 22.3 Å². The maximum Gasteiger partial charge on any atom is 0.382 e. The number of thiophene rings is 1. The van der Waals surface area contributed by atoms with Crippen LogP contribution in [0.25, 0.3) is 10.4 Å². The van der Waals surface area contributed by atoms with Crippen molar-refractivity contribution >= 4 is 23.6 Å². The predicted molar refractivity (Wildman–Crippen MR) is 69.7 cm³/mol. The molecule has 4 heteroatoms.